The summed E-state index contributed by atoms with van der Waals surface area (Å²) in [5, 5.41) is -0.0281. The standard InChI is InChI=1S/2C6H9N3O2S.2ClH/c1-12(10,11)5-3-8-6(2-7)9-4-5;1-12(10,11)6-4-8-5(2-7)3-9-6;;/h2*3-4H,2,7H2,1H3;2*1H. The molecule has 0 bridgehead atoms. The number of nitrogens with zero attached hydrogens (tertiary/aromatic N) is 4. The number of nitrogens with two attached hydrogens (primary N) is 2. The van der Waals surface area contributed by atoms with Crippen LogP contribution in [0.15, 0.2) is 34.7 Å². The summed E-state index contributed by atoms with van der Waals surface area (Å²) in [5.74, 6) is 0.433. The van der Waals surface area contributed by atoms with Crippen molar-refractivity contribution in [2.24, 2.45) is 11.5 Å². The minimum Gasteiger partial charge on any atom is -0.325 e. The first kappa shape index (κ1) is 26.8. The van der Waals surface area contributed by atoms with Crippen LogP contribution < -0.4 is 11.5 Å². The molecule has 0 aliphatic rings. The zero-order valence-electron chi connectivity index (χ0n) is 13.9. The van der Waals surface area contributed by atoms with E-state index in [4.69, 9.17) is 11.5 Å². The zero-order chi connectivity index (χ0) is 18.4. The van der Waals surface area contributed by atoms with E-state index in [0.29, 0.717) is 11.5 Å². The van der Waals surface area contributed by atoms with E-state index in [2.05, 4.69) is 19.9 Å². The lowest BCUT2D eigenvalue weighted by Gasteiger charge is -1.97. The van der Waals surface area contributed by atoms with Crippen molar-refractivity contribution in [2.75, 3.05) is 12.5 Å². The van der Waals surface area contributed by atoms with Gasteiger partial charge in [-0.05, 0) is 0 Å². The molecule has 2 rings (SSSR count). The molecular weight excluding hydrogens is 427 g/mol. The molecule has 4 N–H and O–H groups in total. The lowest BCUT2D eigenvalue weighted by atomic mass is 10.5. The smallest absolute Gasteiger partial charge is 0.194 e. The monoisotopic (exact) mass is 446 g/mol. The van der Waals surface area contributed by atoms with Crippen LogP contribution in [0, 0.1) is 0 Å². The summed E-state index contributed by atoms with van der Waals surface area (Å²) >= 11 is 0. The molecule has 0 fully saturated rings. The summed E-state index contributed by atoms with van der Waals surface area (Å²) in [6.07, 6.45) is 7.26. The Morgan fingerprint density at radius 2 is 1.31 bits per heavy atom. The SMILES string of the molecule is CS(=O)(=O)c1cnc(CN)cn1.CS(=O)(=O)c1cnc(CN)nc1.Cl.Cl. The summed E-state index contributed by atoms with van der Waals surface area (Å²) in [7, 11) is -6.44. The molecule has 0 aromatic carbocycles. The molecule has 2 aromatic heterocycles. The molecule has 10 nitrogen and oxygen atoms in total. The zero-order valence-corrected chi connectivity index (χ0v) is 17.2. The molecule has 0 aliphatic heterocycles. The third kappa shape index (κ3) is 8.78. The number of sulfone groups is 2. The molecule has 0 amide bonds. The van der Waals surface area contributed by atoms with Gasteiger partial charge in [-0.3, -0.25) is 4.98 Å². The van der Waals surface area contributed by atoms with Crippen molar-refractivity contribution >= 4 is 44.5 Å². The van der Waals surface area contributed by atoms with Crippen LogP contribution in [0.4, 0.5) is 0 Å². The highest BCUT2D eigenvalue weighted by molar-refractivity contribution is 7.90. The van der Waals surface area contributed by atoms with E-state index in [9.17, 15) is 16.8 Å². The van der Waals surface area contributed by atoms with Crippen LogP contribution in [0.1, 0.15) is 11.5 Å². The van der Waals surface area contributed by atoms with E-state index in [0.717, 1.165) is 12.5 Å². The predicted octanol–water partition coefficient (Wildman–Crippen LogP) is -0.479. The summed E-state index contributed by atoms with van der Waals surface area (Å²) in [5.41, 5.74) is 11.1. The van der Waals surface area contributed by atoms with Crippen molar-refractivity contribution < 1.29 is 16.8 Å². The van der Waals surface area contributed by atoms with Gasteiger partial charge in [-0.2, -0.15) is 0 Å². The van der Waals surface area contributed by atoms with Crippen molar-refractivity contribution in [2.45, 2.75) is 23.0 Å². The van der Waals surface area contributed by atoms with Crippen LogP contribution in [0.25, 0.3) is 0 Å². The molecule has 14 heteroatoms. The molecule has 0 radical (unpaired) electrons. The lowest BCUT2D eigenvalue weighted by molar-refractivity contribution is 0.596. The first-order valence-corrected chi connectivity index (χ1v) is 10.3. The number of rotatable bonds is 4. The summed E-state index contributed by atoms with van der Waals surface area (Å²) in [6, 6.07) is 0. The molecule has 0 saturated carbocycles. The fraction of sp³-hybridized carbons (Fsp3) is 0.333. The molecular formula is C12H20Cl2N6O4S2. The van der Waals surface area contributed by atoms with E-state index in [1.54, 1.807) is 0 Å². The van der Waals surface area contributed by atoms with Crippen LogP contribution in [-0.2, 0) is 32.8 Å². The van der Waals surface area contributed by atoms with Gasteiger partial charge in [0.15, 0.2) is 24.7 Å². The van der Waals surface area contributed by atoms with Gasteiger partial charge in [0.25, 0.3) is 0 Å². The molecule has 0 atom stereocenters. The molecule has 26 heavy (non-hydrogen) atoms. The van der Waals surface area contributed by atoms with E-state index < -0.39 is 19.7 Å². The van der Waals surface area contributed by atoms with Crippen LogP contribution in [-0.4, -0.2) is 49.3 Å². The third-order valence-corrected chi connectivity index (χ3v) is 4.60. The third-order valence-electron chi connectivity index (χ3n) is 2.56. The Balaban J connectivity index is 0. The van der Waals surface area contributed by atoms with Gasteiger partial charge in [-0.25, -0.2) is 31.8 Å². The second-order valence-corrected chi connectivity index (χ2v) is 8.61. The Morgan fingerprint density at radius 3 is 1.62 bits per heavy atom. The Hall–Kier alpha value is -1.44. The van der Waals surface area contributed by atoms with Gasteiger partial charge in [-0.15, -0.1) is 24.8 Å². The van der Waals surface area contributed by atoms with Crippen LogP contribution >= 0.6 is 24.8 Å². The second-order valence-electron chi connectivity index (χ2n) is 4.63. The predicted molar refractivity (Wildman–Crippen MR) is 101 cm³/mol. The number of aromatic nitrogens is 4. The minimum absolute atomic E-state index is 0. The van der Waals surface area contributed by atoms with Gasteiger partial charge < -0.3 is 11.5 Å². The van der Waals surface area contributed by atoms with E-state index >= 15 is 0 Å². The quantitative estimate of drug-likeness (QED) is 0.623. The maximum Gasteiger partial charge on any atom is 0.194 e. The first-order valence-electron chi connectivity index (χ1n) is 6.50. The van der Waals surface area contributed by atoms with E-state index in [1.807, 2.05) is 0 Å². The molecule has 0 saturated heterocycles. The van der Waals surface area contributed by atoms with Gasteiger partial charge >= 0.3 is 0 Å². The highest BCUT2D eigenvalue weighted by Gasteiger charge is 2.08. The second kappa shape index (κ2) is 11.3. The summed E-state index contributed by atoms with van der Waals surface area (Å²) in [6.45, 7) is 0.473. The molecule has 0 spiro atoms. The van der Waals surface area contributed by atoms with Crippen LogP contribution in [0.3, 0.4) is 0 Å². The highest BCUT2D eigenvalue weighted by atomic mass is 35.5. The van der Waals surface area contributed by atoms with Gasteiger partial charge in [0.2, 0.25) is 0 Å². The molecule has 148 valence electrons. The average molecular weight is 447 g/mol. The number of hydrogen-bond donors (Lipinski definition) is 2. The number of halogens is 2. The Kier molecular flexibility index (Phi) is 11.7. The van der Waals surface area contributed by atoms with Crippen molar-refractivity contribution in [3.63, 3.8) is 0 Å². The van der Waals surface area contributed by atoms with Gasteiger partial charge in [-0.1, -0.05) is 0 Å². The first-order chi connectivity index (χ1) is 11.1. The van der Waals surface area contributed by atoms with E-state index in [-0.39, 0.29) is 47.8 Å². The van der Waals surface area contributed by atoms with Crippen molar-refractivity contribution in [3.8, 4) is 0 Å². The van der Waals surface area contributed by atoms with Crippen LogP contribution in [0.5, 0.6) is 0 Å². The van der Waals surface area contributed by atoms with Crippen molar-refractivity contribution in [3.05, 3.63) is 36.3 Å². The lowest BCUT2D eigenvalue weighted by Crippen LogP contribution is -2.05. The molecule has 2 heterocycles. The topological polar surface area (TPSA) is 172 Å². The maximum absolute atomic E-state index is 10.9. The fourth-order valence-electron chi connectivity index (χ4n) is 1.28. The Bertz CT molecular complexity index is 799. The van der Waals surface area contributed by atoms with E-state index in [1.165, 1.54) is 24.8 Å². The van der Waals surface area contributed by atoms with Gasteiger partial charge in [0.1, 0.15) is 10.7 Å². The molecule has 0 aliphatic carbocycles. The van der Waals surface area contributed by atoms with Crippen molar-refractivity contribution in [1.29, 1.82) is 0 Å². The van der Waals surface area contributed by atoms with Crippen LogP contribution in [0.2, 0.25) is 0 Å². The largest absolute Gasteiger partial charge is 0.325 e. The normalized spacial score (nSPS) is 10.6. The Morgan fingerprint density at radius 1 is 0.769 bits per heavy atom. The van der Waals surface area contributed by atoms with Gasteiger partial charge in [0, 0.05) is 31.4 Å². The molecule has 0 unspecified atom stereocenters. The summed E-state index contributed by atoms with van der Waals surface area (Å²) in [4.78, 5) is 15.1. The Labute approximate surface area is 164 Å². The highest BCUT2D eigenvalue weighted by Crippen LogP contribution is 2.04. The van der Waals surface area contributed by atoms with Gasteiger partial charge in [0.05, 0.1) is 24.6 Å². The minimum atomic E-state index is -3.24. The average Bonchev–Trinajstić information content (AvgIpc) is 2.54. The maximum atomic E-state index is 10.9. The fourth-order valence-corrected chi connectivity index (χ4v) is 2.26. The summed E-state index contributed by atoms with van der Waals surface area (Å²) < 4.78 is 43.6. The van der Waals surface area contributed by atoms with Crippen molar-refractivity contribution in [1.82, 2.24) is 19.9 Å². The molecule has 2 aromatic rings. The number of hydrogen-bond acceptors (Lipinski definition) is 10.